The van der Waals surface area contributed by atoms with Gasteiger partial charge < -0.3 is 50.9 Å². The molecule has 0 bridgehead atoms. The lowest BCUT2D eigenvalue weighted by atomic mass is 9.95. The first-order chi connectivity index (χ1) is 33.4. The molecule has 5 N–H and O–H groups in total. The number of nitrogens with zero attached hydrogens (tertiary/aromatic N) is 7. The van der Waals surface area contributed by atoms with Crippen molar-refractivity contribution >= 4 is 65.2 Å². The molecule has 0 aromatic carbocycles. The molecule has 414 valence electrons. The molecule has 0 aromatic rings. The smallest absolute Gasteiger partial charge is 0.326 e. The number of likely N-dealkylation sites (N-methyl/N-ethyl adjacent to an activating group) is 7. The summed E-state index contributed by atoms with van der Waals surface area (Å²) in [5.41, 5.74) is -2.00. The van der Waals surface area contributed by atoms with Gasteiger partial charge >= 0.3 is 12.1 Å². The molecule has 23 heteroatoms. The summed E-state index contributed by atoms with van der Waals surface area (Å²) in [6.07, 6.45) is -0.174. The first kappa shape index (κ1) is 64.9. The molecule has 0 saturated carbocycles. The first-order valence-electron chi connectivity index (χ1n) is 24.9. The van der Waals surface area contributed by atoms with Gasteiger partial charge in [0, 0.05) is 55.8 Å². The van der Waals surface area contributed by atoms with E-state index < -0.39 is 137 Å². The van der Waals surface area contributed by atoms with Gasteiger partial charge in [0.05, 0.1) is 5.60 Å². The van der Waals surface area contributed by atoms with E-state index in [-0.39, 0.29) is 37.5 Å². The van der Waals surface area contributed by atoms with E-state index in [1.807, 2.05) is 27.7 Å². The Hall–Kier alpha value is -6.13. The highest BCUT2D eigenvalue weighted by atomic mass is 16.3. The Morgan fingerprint density at radius 2 is 1.01 bits per heavy atom. The van der Waals surface area contributed by atoms with Crippen LogP contribution < -0.4 is 21.3 Å². The highest BCUT2D eigenvalue weighted by Gasteiger charge is 2.43. The number of aliphatic hydroxyl groups is 1. The molecule has 1 rings (SSSR count). The summed E-state index contributed by atoms with van der Waals surface area (Å²) in [6, 6.07) is -12.3. The number of carbonyl (C=O) groups excluding carboxylic acids is 11. The van der Waals surface area contributed by atoms with Crippen LogP contribution in [0.2, 0.25) is 0 Å². The SMILES string of the molecule is C=C1C(=O)N(C)[C@@H](CC(C)(C)O)C(=O)N[C@@H](C(C)C)C(=O)N(C)[C@H](CC(C)C)C(=O)N[C@H](C)C(=O)NC(C)C(=O)N(C)[C@@H](CC(C)C)C(=O)N(C)C(=O)N(C)[C@@H](C(C)C)C(=O)N(C)C(=O)N[C@@H](CC)C(=O)N1C. The third kappa shape index (κ3) is 17.2. The van der Waals surface area contributed by atoms with Gasteiger partial charge in [0.2, 0.25) is 35.4 Å². The average molecular weight is 1030 g/mol. The molecule has 0 aliphatic carbocycles. The van der Waals surface area contributed by atoms with Gasteiger partial charge in [0.25, 0.3) is 17.7 Å². The van der Waals surface area contributed by atoms with E-state index in [2.05, 4.69) is 27.8 Å². The summed E-state index contributed by atoms with van der Waals surface area (Å²) in [7, 11) is 8.82. The minimum Gasteiger partial charge on any atom is -0.390 e. The van der Waals surface area contributed by atoms with Crippen LogP contribution in [0.5, 0.6) is 0 Å². The lowest BCUT2D eigenvalue weighted by Crippen LogP contribution is -2.61. The molecule has 1 saturated heterocycles. The summed E-state index contributed by atoms with van der Waals surface area (Å²) < 4.78 is 0. The Bertz CT molecular complexity index is 2070. The fourth-order valence-electron chi connectivity index (χ4n) is 8.32. The molecule has 0 radical (unpaired) electrons. The topological polar surface area (TPSA) is 279 Å². The second-order valence-electron chi connectivity index (χ2n) is 21.5. The van der Waals surface area contributed by atoms with Crippen LogP contribution >= 0.6 is 0 Å². The molecular formula is C50H87N11O12. The number of carbonyl (C=O) groups is 11. The van der Waals surface area contributed by atoms with Crippen LogP contribution in [0.25, 0.3) is 0 Å². The van der Waals surface area contributed by atoms with Crippen LogP contribution in [0.3, 0.4) is 0 Å². The summed E-state index contributed by atoms with van der Waals surface area (Å²) in [6.45, 7) is 24.8. The van der Waals surface area contributed by atoms with Crippen molar-refractivity contribution in [2.24, 2.45) is 23.7 Å². The van der Waals surface area contributed by atoms with Crippen LogP contribution in [0.4, 0.5) is 9.59 Å². The van der Waals surface area contributed by atoms with Gasteiger partial charge in [-0.25, -0.2) is 9.59 Å². The Balaban J connectivity index is 4.07. The number of rotatable bonds is 9. The van der Waals surface area contributed by atoms with Crippen LogP contribution in [0, 0.1) is 23.7 Å². The molecule has 8 atom stereocenters. The van der Waals surface area contributed by atoms with E-state index in [4.69, 9.17) is 0 Å². The molecule has 23 nitrogen and oxygen atoms in total. The second-order valence-corrected chi connectivity index (χ2v) is 21.5. The van der Waals surface area contributed by atoms with Gasteiger partial charge in [-0.3, -0.25) is 53.0 Å². The zero-order chi connectivity index (χ0) is 57.1. The van der Waals surface area contributed by atoms with E-state index in [0.717, 1.165) is 31.5 Å². The van der Waals surface area contributed by atoms with Crippen LogP contribution in [0.15, 0.2) is 12.3 Å². The van der Waals surface area contributed by atoms with Crippen molar-refractivity contribution < 1.29 is 57.8 Å². The molecule has 1 aliphatic heterocycles. The van der Waals surface area contributed by atoms with Crippen molar-refractivity contribution in [2.75, 3.05) is 49.3 Å². The number of urea groups is 2. The maximum atomic E-state index is 14.4. The van der Waals surface area contributed by atoms with E-state index in [1.165, 1.54) is 74.9 Å². The number of imide groups is 2. The minimum atomic E-state index is -1.56. The van der Waals surface area contributed by atoms with Crippen LogP contribution in [-0.2, 0) is 43.2 Å². The van der Waals surface area contributed by atoms with E-state index in [0.29, 0.717) is 4.90 Å². The third-order valence-electron chi connectivity index (χ3n) is 12.9. The van der Waals surface area contributed by atoms with Crippen molar-refractivity contribution in [3.8, 4) is 0 Å². The largest absolute Gasteiger partial charge is 0.390 e. The normalized spacial score (nSPS) is 26.1. The average Bonchev–Trinajstić information content (AvgIpc) is 3.30. The van der Waals surface area contributed by atoms with Crippen molar-refractivity contribution in [1.29, 1.82) is 0 Å². The van der Waals surface area contributed by atoms with E-state index >= 15 is 0 Å². The predicted molar refractivity (Wildman–Crippen MR) is 273 cm³/mol. The molecule has 0 aromatic heterocycles. The van der Waals surface area contributed by atoms with Gasteiger partial charge in [-0.1, -0.05) is 68.9 Å². The molecule has 73 heavy (non-hydrogen) atoms. The Morgan fingerprint density at radius 1 is 0.534 bits per heavy atom. The molecule has 1 unspecified atom stereocenters. The Morgan fingerprint density at radius 3 is 1.48 bits per heavy atom. The Labute approximate surface area is 432 Å². The number of nitrogens with one attached hydrogen (secondary N) is 4. The highest BCUT2D eigenvalue weighted by Crippen LogP contribution is 2.22. The summed E-state index contributed by atoms with van der Waals surface area (Å²) in [4.78, 5) is 161. The highest BCUT2D eigenvalue weighted by molar-refractivity contribution is 6.04. The van der Waals surface area contributed by atoms with Crippen molar-refractivity contribution in [3.05, 3.63) is 12.3 Å². The molecule has 13 amide bonds. The third-order valence-corrected chi connectivity index (χ3v) is 12.9. The number of amides is 13. The maximum absolute atomic E-state index is 14.4. The number of hydrogen-bond acceptors (Lipinski definition) is 12. The zero-order valence-corrected chi connectivity index (χ0v) is 47.0. The lowest BCUT2D eigenvalue weighted by Gasteiger charge is -2.37. The predicted octanol–water partition coefficient (Wildman–Crippen LogP) is 1.34. The Kier molecular flexibility index (Phi) is 24.2. The molecule has 1 fully saturated rings. The molecule has 1 aliphatic rings. The van der Waals surface area contributed by atoms with Gasteiger partial charge in [-0.2, -0.15) is 0 Å². The fourth-order valence-corrected chi connectivity index (χ4v) is 8.32. The lowest BCUT2D eigenvalue weighted by molar-refractivity contribution is -0.146. The number of hydrogen-bond donors (Lipinski definition) is 5. The maximum Gasteiger partial charge on any atom is 0.326 e. The van der Waals surface area contributed by atoms with Gasteiger partial charge in [0.15, 0.2) is 0 Å². The molecule has 0 spiro atoms. The van der Waals surface area contributed by atoms with Crippen LogP contribution in [0.1, 0.15) is 116 Å². The van der Waals surface area contributed by atoms with Gasteiger partial charge in [-0.15, -0.1) is 0 Å². The second kappa shape index (κ2) is 27.2. The molecule has 1 heterocycles. The first-order valence-corrected chi connectivity index (χ1v) is 24.9. The van der Waals surface area contributed by atoms with E-state index in [9.17, 15) is 57.8 Å². The van der Waals surface area contributed by atoms with Crippen molar-refractivity contribution in [1.82, 2.24) is 55.6 Å². The van der Waals surface area contributed by atoms with Gasteiger partial charge in [-0.05, 0) is 70.6 Å². The summed E-state index contributed by atoms with van der Waals surface area (Å²) in [5, 5.41) is 21.4. The van der Waals surface area contributed by atoms with E-state index in [1.54, 1.807) is 34.6 Å². The summed E-state index contributed by atoms with van der Waals surface area (Å²) in [5.74, 6) is -8.74. The fraction of sp³-hybridized carbons (Fsp3) is 0.740. The quantitative estimate of drug-likeness (QED) is 0.205. The van der Waals surface area contributed by atoms with Crippen LogP contribution in [-0.4, -0.2) is 208 Å². The zero-order valence-electron chi connectivity index (χ0n) is 47.0. The summed E-state index contributed by atoms with van der Waals surface area (Å²) >= 11 is 0. The molecular weight excluding hydrogens is 947 g/mol. The standard InChI is InChI=1S/C50H87N11O12/c1-22-33-44(67)55(15)32(12)43(66)58(18)36(25-50(13,14)73)41(64)54-37(28(6)7)46(69)56(16)34(23-26(2)3)40(63)51-30(10)39(62)52-31(11)42(65)57(17)35(24-27(4)5)45(68)61(21)49(72)59(19)38(29(8)9)47(70)60(20)48(71)53-33/h26-31,33-38,73H,12,22-25H2,1-11,13-21H3,(H,51,63)(H,52,62)(H,53,71)(H,54,64)/t30-,31?,33+,34-,35+,36+,37+,38+/m1/s1. The monoisotopic (exact) mass is 1030 g/mol. The minimum absolute atomic E-state index is 0.0334. The van der Waals surface area contributed by atoms with Crippen molar-refractivity contribution in [3.63, 3.8) is 0 Å². The van der Waals surface area contributed by atoms with Gasteiger partial charge in [0.1, 0.15) is 54.0 Å². The van der Waals surface area contributed by atoms with Crippen molar-refractivity contribution in [2.45, 2.75) is 170 Å².